The molecule has 4 rings (SSSR count). The van der Waals surface area contributed by atoms with Gasteiger partial charge in [-0.2, -0.15) is 4.98 Å². The molecule has 1 aliphatic rings. The zero-order chi connectivity index (χ0) is 22.0. The minimum atomic E-state index is -3.79. The number of anilines is 1. The number of hydrogen-bond donors (Lipinski definition) is 1. The number of benzene rings is 2. The maximum atomic E-state index is 12.9. The number of nitrogens with one attached hydrogen (secondary N) is 1. The van der Waals surface area contributed by atoms with Gasteiger partial charge in [0.25, 0.3) is 5.91 Å². The van der Waals surface area contributed by atoms with E-state index in [9.17, 15) is 13.2 Å². The van der Waals surface area contributed by atoms with Crippen molar-refractivity contribution in [3.8, 4) is 5.75 Å². The van der Waals surface area contributed by atoms with Crippen molar-refractivity contribution < 1.29 is 22.5 Å². The number of ether oxygens (including phenoxy) is 1. The highest BCUT2D eigenvalue weighted by molar-refractivity contribution is 7.89. The number of fused-ring (bicyclic) bond motifs is 1. The Morgan fingerprint density at radius 1 is 1.19 bits per heavy atom. The van der Waals surface area contributed by atoms with Gasteiger partial charge in [-0.15, -0.1) is 0 Å². The van der Waals surface area contributed by atoms with E-state index in [4.69, 9.17) is 9.26 Å². The van der Waals surface area contributed by atoms with Crippen LogP contribution in [-0.4, -0.2) is 31.1 Å². The van der Waals surface area contributed by atoms with Crippen molar-refractivity contribution in [2.24, 2.45) is 0 Å². The summed E-state index contributed by atoms with van der Waals surface area (Å²) in [5, 5.41) is 3.89. The van der Waals surface area contributed by atoms with E-state index in [2.05, 4.69) is 14.9 Å². The lowest BCUT2D eigenvalue weighted by molar-refractivity contribution is -0.121. The van der Waals surface area contributed by atoms with Gasteiger partial charge in [0.2, 0.25) is 15.9 Å². The third-order valence-corrected chi connectivity index (χ3v) is 6.45. The lowest BCUT2D eigenvalue weighted by Crippen LogP contribution is -2.38. The first-order valence-corrected chi connectivity index (χ1v) is 11.3. The summed E-state index contributed by atoms with van der Waals surface area (Å²) in [6.45, 7) is 3.65. The van der Waals surface area contributed by atoms with Crippen LogP contribution in [0.4, 0.5) is 5.69 Å². The molecule has 0 aliphatic carbocycles. The van der Waals surface area contributed by atoms with Crippen molar-refractivity contribution in [3.63, 3.8) is 0 Å². The molecule has 2 aromatic carbocycles. The molecule has 0 saturated carbocycles. The predicted molar refractivity (Wildman–Crippen MR) is 112 cm³/mol. The molecule has 0 fully saturated rings. The Morgan fingerprint density at radius 2 is 1.97 bits per heavy atom. The molecule has 31 heavy (non-hydrogen) atoms. The minimum Gasteiger partial charge on any atom is -0.482 e. The molecule has 1 aliphatic heterocycles. The van der Waals surface area contributed by atoms with Crippen LogP contribution in [0.1, 0.15) is 29.8 Å². The Labute approximate surface area is 180 Å². The first-order valence-electron chi connectivity index (χ1n) is 9.80. The molecule has 162 valence electrons. The van der Waals surface area contributed by atoms with Gasteiger partial charge >= 0.3 is 0 Å². The Balaban J connectivity index is 1.61. The fourth-order valence-electron chi connectivity index (χ4n) is 3.29. The highest BCUT2D eigenvalue weighted by Gasteiger charge is 2.30. The first-order chi connectivity index (χ1) is 14.9. The van der Waals surface area contributed by atoms with Gasteiger partial charge < -0.3 is 9.26 Å². The Morgan fingerprint density at radius 3 is 2.68 bits per heavy atom. The molecule has 0 radical (unpaired) electrons. The van der Waals surface area contributed by atoms with Crippen LogP contribution in [0.15, 0.2) is 51.9 Å². The van der Waals surface area contributed by atoms with Gasteiger partial charge in [0.1, 0.15) is 5.75 Å². The van der Waals surface area contributed by atoms with Crippen LogP contribution in [0.2, 0.25) is 0 Å². The maximum Gasteiger partial charge on any atom is 0.265 e. The van der Waals surface area contributed by atoms with E-state index in [0.29, 0.717) is 35.1 Å². The highest BCUT2D eigenvalue weighted by Crippen LogP contribution is 2.37. The lowest BCUT2D eigenvalue weighted by Gasteiger charge is -2.29. The lowest BCUT2D eigenvalue weighted by atomic mass is 10.1. The fourth-order valence-corrected chi connectivity index (χ4v) is 4.54. The van der Waals surface area contributed by atoms with Crippen molar-refractivity contribution in [3.05, 3.63) is 65.3 Å². The molecular weight excluding hydrogens is 420 g/mol. The number of aryl methyl sites for hydroxylation is 2. The molecule has 0 saturated heterocycles. The molecule has 0 unspecified atom stereocenters. The molecule has 2 heterocycles. The maximum absolute atomic E-state index is 12.9. The topological polar surface area (TPSA) is 115 Å². The zero-order valence-electron chi connectivity index (χ0n) is 17.2. The minimum absolute atomic E-state index is 0.101. The van der Waals surface area contributed by atoms with Gasteiger partial charge in [0.05, 0.1) is 17.1 Å². The van der Waals surface area contributed by atoms with Gasteiger partial charge in [-0.3, -0.25) is 9.69 Å². The molecule has 1 N–H and O–H groups in total. The monoisotopic (exact) mass is 442 g/mol. The summed E-state index contributed by atoms with van der Waals surface area (Å²) in [6.07, 6.45) is 0.594. The average Bonchev–Trinajstić information content (AvgIpc) is 3.23. The number of hydrogen-bond acceptors (Lipinski definition) is 7. The van der Waals surface area contributed by atoms with Crippen LogP contribution in [0.3, 0.4) is 0 Å². The van der Waals surface area contributed by atoms with Crippen molar-refractivity contribution in [1.29, 1.82) is 0 Å². The fraction of sp³-hybridized carbons (Fsp3) is 0.286. The third-order valence-electron chi connectivity index (χ3n) is 4.91. The second-order valence-electron chi connectivity index (χ2n) is 7.12. The summed E-state index contributed by atoms with van der Waals surface area (Å²) in [6, 6.07) is 12.3. The van der Waals surface area contributed by atoms with E-state index in [0.717, 1.165) is 5.56 Å². The van der Waals surface area contributed by atoms with Gasteiger partial charge in [0, 0.05) is 19.0 Å². The largest absolute Gasteiger partial charge is 0.482 e. The predicted octanol–water partition coefficient (Wildman–Crippen LogP) is 2.34. The summed E-state index contributed by atoms with van der Waals surface area (Å²) >= 11 is 0. The van der Waals surface area contributed by atoms with E-state index < -0.39 is 10.0 Å². The summed E-state index contributed by atoms with van der Waals surface area (Å²) in [5.41, 5.74) is 1.81. The van der Waals surface area contributed by atoms with E-state index in [-0.39, 0.29) is 30.5 Å². The second-order valence-corrected chi connectivity index (χ2v) is 8.86. The van der Waals surface area contributed by atoms with Crippen molar-refractivity contribution in [2.75, 3.05) is 11.5 Å². The van der Waals surface area contributed by atoms with Gasteiger partial charge in [-0.1, -0.05) is 42.4 Å². The molecule has 0 spiro atoms. The van der Waals surface area contributed by atoms with Gasteiger partial charge in [-0.25, -0.2) is 13.1 Å². The van der Waals surface area contributed by atoms with Crippen LogP contribution in [-0.2, 0) is 34.3 Å². The second kappa shape index (κ2) is 8.48. The molecular formula is C21H22N4O5S. The third kappa shape index (κ3) is 4.44. The summed E-state index contributed by atoms with van der Waals surface area (Å²) in [4.78, 5) is 18.3. The van der Waals surface area contributed by atoms with E-state index >= 15 is 0 Å². The number of carbonyl (C=O) groups is 1. The van der Waals surface area contributed by atoms with E-state index in [1.165, 1.54) is 11.0 Å². The zero-order valence-corrected chi connectivity index (χ0v) is 18.0. The Hall–Kier alpha value is -3.24. The molecule has 0 bridgehead atoms. The van der Waals surface area contributed by atoms with Crippen LogP contribution in [0, 0.1) is 6.92 Å². The summed E-state index contributed by atoms with van der Waals surface area (Å²) in [7, 11) is -3.79. The van der Waals surface area contributed by atoms with Crippen molar-refractivity contribution >= 4 is 21.6 Å². The van der Waals surface area contributed by atoms with Crippen LogP contribution >= 0.6 is 0 Å². The van der Waals surface area contributed by atoms with Crippen LogP contribution in [0.5, 0.6) is 5.75 Å². The molecule has 1 aromatic heterocycles. The number of aromatic nitrogens is 2. The number of rotatable bonds is 7. The van der Waals surface area contributed by atoms with Crippen molar-refractivity contribution in [2.45, 2.75) is 38.3 Å². The quantitative estimate of drug-likeness (QED) is 0.597. The van der Waals surface area contributed by atoms with Crippen molar-refractivity contribution in [1.82, 2.24) is 14.9 Å². The summed E-state index contributed by atoms with van der Waals surface area (Å²) < 4.78 is 39.1. The number of amides is 1. The molecule has 1 amide bonds. The number of carbonyl (C=O) groups excluding carboxylic acids is 1. The van der Waals surface area contributed by atoms with Crippen LogP contribution < -0.4 is 14.4 Å². The van der Waals surface area contributed by atoms with E-state index in [1.807, 2.05) is 37.3 Å². The Kier molecular flexibility index (Phi) is 5.75. The SMILES string of the molecule is CCc1nc(CN2C(=O)COc3cc(S(=O)(=O)NCc4ccccc4)c(C)cc32)no1. The average molecular weight is 442 g/mol. The Bertz CT molecular complexity index is 1210. The molecule has 0 atom stereocenters. The van der Waals surface area contributed by atoms with Gasteiger partial charge in [-0.05, 0) is 24.1 Å². The molecule has 3 aromatic rings. The summed E-state index contributed by atoms with van der Waals surface area (Å²) in [5.74, 6) is 0.895. The molecule has 9 nitrogen and oxygen atoms in total. The van der Waals surface area contributed by atoms with Gasteiger partial charge in [0.15, 0.2) is 12.4 Å². The normalized spacial score (nSPS) is 13.7. The molecule has 10 heteroatoms. The number of sulfonamides is 1. The van der Waals surface area contributed by atoms with E-state index in [1.54, 1.807) is 13.0 Å². The smallest absolute Gasteiger partial charge is 0.265 e. The van der Waals surface area contributed by atoms with Crippen LogP contribution in [0.25, 0.3) is 0 Å². The standard InChI is InChI=1S/C21H22N4O5S/c1-3-20-23-19(24-30-20)12-25-16-9-14(2)18(10-17(16)29-13-21(25)26)31(27,28)22-11-15-7-5-4-6-8-15/h4-10,22H,3,11-13H2,1-2H3. The highest BCUT2D eigenvalue weighted by atomic mass is 32.2. The number of nitrogens with zero attached hydrogens (tertiary/aromatic N) is 3. The first kappa shape index (κ1) is 21.0.